The summed E-state index contributed by atoms with van der Waals surface area (Å²) in [6.07, 6.45) is 6.87. The van der Waals surface area contributed by atoms with Crippen LogP contribution >= 0.6 is 0 Å². The molecule has 0 radical (unpaired) electrons. The Labute approximate surface area is 94.0 Å². The lowest BCUT2D eigenvalue weighted by Crippen LogP contribution is -2.51. The highest BCUT2D eigenvalue weighted by Gasteiger charge is 2.33. The number of nitrogens with one attached hydrogen (secondary N) is 1. The monoisotopic (exact) mass is 220 g/mol. The standard InChI is InChI=1S/C10H16N6/c1-2-4-10(16-6-3-5-13-16)14-8(11)7-9(12)15-10/h3,5-7,14H,2,4,11H2,1H3,(H2,12,15). The number of hydrogen-bond acceptors (Lipinski definition) is 5. The highest BCUT2D eigenvalue weighted by Crippen LogP contribution is 2.23. The Morgan fingerprint density at radius 2 is 2.31 bits per heavy atom. The molecule has 5 N–H and O–H groups in total. The third-order valence-electron chi connectivity index (χ3n) is 2.44. The smallest absolute Gasteiger partial charge is 0.229 e. The Balaban J connectivity index is 2.42. The van der Waals surface area contributed by atoms with Crippen LogP contribution in [0.4, 0.5) is 0 Å². The van der Waals surface area contributed by atoms with E-state index in [-0.39, 0.29) is 0 Å². The molecule has 0 saturated carbocycles. The van der Waals surface area contributed by atoms with Gasteiger partial charge >= 0.3 is 0 Å². The normalized spacial score (nSPS) is 24.6. The zero-order valence-electron chi connectivity index (χ0n) is 9.22. The summed E-state index contributed by atoms with van der Waals surface area (Å²) in [5.74, 6) is 0.248. The molecule has 0 aliphatic carbocycles. The van der Waals surface area contributed by atoms with Gasteiger partial charge in [-0.05, 0) is 6.07 Å². The van der Waals surface area contributed by atoms with Gasteiger partial charge in [-0.1, -0.05) is 13.3 Å². The van der Waals surface area contributed by atoms with Gasteiger partial charge in [-0.2, -0.15) is 5.10 Å². The van der Waals surface area contributed by atoms with Crippen molar-refractivity contribution in [3.05, 3.63) is 30.4 Å². The van der Waals surface area contributed by atoms with Crippen LogP contribution in [-0.2, 0) is 5.79 Å². The highest BCUT2D eigenvalue weighted by molar-refractivity contribution is 5.92. The summed E-state index contributed by atoms with van der Waals surface area (Å²) in [6.45, 7) is 2.08. The summed E-state index contributed by atoms with van der Waals surface area (Å²) in [5.41, 5.74) is 11.5. The molecule has 0 aromatic carbocycles. The molecule has 2 heterocycles. The highest BCUT2D eigenvalue weighted by atomic mass is 15.5. The number of aliphatic imine (C=N–C) groups is 1. The van der Waals surface area contributed by atoms with Crippen LogP contribution in [0.1, 0.15) is 19.8 Å². The molecule has 0 spiro atoms. The minimum atomic E-state index is -0.679. The van der Waals surface area contributed by atoms with Crippen LogP contribution in [0.2, 0.25) is 0 Å². The van der Waals surface area contributed by atoms with Crippen LogP contribution < -0.4 is 16.8 Å². The van der Waals surface area contributed by atoms with Crippen molar-refractivity contribution >= 4 is 5.84 Å². The molecule has 86 valence electrons. The van der Waals surface area contributed by atoms with Gasteiger partial charge in [0, 0.05) is 24.9 Å². The summed E-state index contributed by atoms with van der Waals surface area (Å²) in [7, 11) is 0. The first-order chi connectivity index (χ1) is 7.66. The number of rotatable bonds is 3. The second-order valence-corrected chi connectivity index (χ2v) is 3.78. The number of hydrogen-bond donors (Lipinski definition) is 3. The van der Waals surface area contributed by atoms with Gasteiger partial charge in [0.1, 0.15) is 11.7 Å². The van der Waals surface area contributed by atoms with E-state index >= 15 is 0 Å². The number of nitrogens with two attached hydrogens (primary N) is 2. The van der Waals surface area contributed by atoms with E-state index in [2.05, 4.69) is 22.3 Å². The molecule has 0 bridgehead atoms. The van der Waals surface area contributed by atoms with Gasteiger partial charge in [-0.25, -0.2) is 9.67 Å². The molecule has 1 aliphatic rings. The summed E-state index contributed by atoms with van der Waals surface area (Å²) in [4.78, 5) is 4.42. The Morgan fingerprint density at radius 3 is 2.88 bits per heavy atom. The van der Waals surface area contributed by atoms with E-state index in [1.54, 1.807) is 17.0 Å². The summed E-state index contributed by atoms with van der Waals surface area (Å²) < 4.78 is 1.74. The summed E-state index contributed by atoms with van der Waals surface area (Å²) in [6, 6.07) is 1.85. The van der Waals surface area contributed by atoms with Crippen molar-refractivity contribution in [3.8, 4) is 0 Å². The van der Waals surface area contributed by atoms with E-state index in [0.717, 1.165) is 12.8 Å². The fourth-order valence-electron chi connectivity index (χ4n) is 1.88. The first kappa shape index (κ1) is 10.5. The summed E-state index contributed by atoms with van der Waals surface area (Å²) >= 11 is 0. The van der Waals surface area contributed by atoms with Gasteiger partial charge in [0.15, 0.2) is 0 Å². The lowest BCUT2D eigenvalue weighted by atomic mass is 10.1. The zero-order valence-corrected chi connectivity index (χ0v) is 9.22. The zero-order chi connectivity index (χ0) is 11.6. The van der Waals surface area contributed by atoms with Crippen LogP contribution in [0.3, 0.4) is 0 Å². The summed E-state index contributed by atoms with van der Waals surface area (Å²) in [5, 5.41) is 7.34. The van der Waals surface area contributed by atoms with Crippen molar-refractivity contribution in [2.24, 2.45) is 16.5 Å². The Kier molecular flexibility index (Phi) is 2.55. The molecule has 1 unspecified atom stereocenters. The van der Waals surface area contributed by atoms with Crippen molar-refractivity contribution in [1.29, 1.82) is 0 Å². The van der Waals surface area contributed by atoms with Crippen molar-refractivity contribution in [2.75, 3.05) is 0 Å². The van der Waals surface area contributed by atoms with Crippen molar-refractivity contribution in [1.82, 2.24) is 15.1 Å². The van der Waals surface area contributed by atoms with Gasteiger partial charge in [-0.3, -0.25) is 0 Å². The molecule has 6 heteroatoms. The predicted molar refractivity (Wildman–Crippen MR) is 62.1 cm³/mol. The van der Waals surface area contributed by atoms with Crippen molar-refractivity contribution < 1.29 is 0 Å². The van der Waals surface area contributed by atoms with E-state index in [1.165, 1.54) is 0 Å². The third-order valence-corrected chi connectivity index (χ3v) is 2.44. The third kappa shape index (κ3) is 1.73. The van der Waals surface area contributed by atoms with E-state index < -0.39 is 5.79 Å². The molecule has 0 fully saturated rings. The van der Waals surface area contributed by atoms with Gasteiger partial charge in [0.05, 0.1) is 0 Å². The van der Waals surface area contributed by atoms with Gasteiger partial charge in [0.2, 0.25) is 5.79 Å². The average molecular weight is 220 g/mol. The molecule has 1 aromatic heterocycles. The molecule has 0 saturated heterocycles. The second-order valence-electron chi connectivity index (χ2n) is 3.78. The van der Waals surface area contributed by atoms with Crippen LogP contribution in [0.5, 0.6) is 0 Å². The van der Waals surface area contributed by atoms with E-state index in [9.17, 15) is 0 Å². The molecule has 1 aromatic rings. The topological polar surface area (TPSA) is 94.2 Å². The number of amidine groups is 1. The fraction of sp³-hybridized carbons (Fsp3) is 0.400. The molecular formula is C10H16N6. The maximum absolute atomic E-state index is 5.79. The van der Waals surface area contributed by atoms with Crippen LogP contribution in [0, 0.1) is 0 Å². The van der Waals surface area contributed by atoms with Crippen LogP contribution in [-0.4, -0.2) is 15.6 Å². The fourth-order valence-corrected chi connectivity index (χ4v) is 1.88. The maximum Gasteiger partial charge on any atom is 0.229 e. The first-order valence-corrected chi connectivity index (χ1v) is 5.27. The lowest BCUT2D eigenvalue weighted by Gasteiger charge is -2.34. The second kappa shape index (κ2) is 3.88. The lowest BCUT2D eigenvalue weighted by molar-refractivity contribution is 0.199. The van der Waals surface area contributed by atoms with E-state index in [4.69, 9.17) is 11.5 Å². The molecule has 2 rings (SSSR count). The largest absolute Gasteiger partial charge is 0.385 e. The van der Waals surface area contributed by atoms with Gasteiger partial charge in [0.25, 0.3) is 0 Å². The molecular weight excluding hydrogens is 204 g/mol. The maximum atomic E-state index is 5.79. The molecule has 1 aliphatic heterocycles. The predicted octanol–water partition coefficient (Wildman–Crippen LogP) is 0.0540. The minimum absolute atomic E-state index is 0.417. The van der Waals surface area contributed by atoms with Gasteiger partial charge < -0.3 is 16.8 Å². The van der Waals surface area contributed by atoms with Crippen LogP contribution in [0.25, 0.3) is 0 Å². The minimum Gasteiger partial charge on any atom is -0.385 e. The van der Waals surface area contributed by atoms with Crippen molar-refractivity contribution in [3.63, 3.8) is 0 Å². The Bertz CT molecular complexity index is 419. The number of aromatic nitrogens is 2. The van der Waals surface area contributed by atoms with Crippen molar-refractivity contribution in [2.45, 2.75) is 25.6 Å². The van der Waals surface area contributed by atoms with Gasteiger partial charge in [-0.15, -0.1) is 0 Å². The first-order valence-electron chi connectivity index (χ1n) is 5.27. The average Bonchev–Trinajstić information content (AvgIpc) is 2.69. The molecule has 6 nitrogen and oxygen atoms in total. The Hall–Kier alpha value is -1.98. The van der Waals surface area contributed by atoms with E-state index in [0.29, 0.717) is 11.7 Å². The molecule has 16 heavy (non-hydrogen) atoms. The van der Waals surface area contributed by atoms with Crippen LogP contribution in [0.15, 0.2) is 35.3 Å². The molecule has 0 amide bonds. The van der Waals surface area contributed by atoms with E-state index in [1.807, 2.05) is 12.3 Å². The SMILES string of the molecule is CCCC1(n2cccn2)N=C(N)C=C(N)N1. The Morgan fingerprint density at radius 1 is 1.50 bits per heavy atom. The quantitative estimate of drug-likeness (QED) is 0.671. The number of nitrogens with zero attached hydrogens (tertiary/aromatic N) is 3. The molecule has 1 atom stereocenters.